The highest BCUT2D eigenvalue weighted by Gasteiger charge is 2.29. The van der Waals surface area contributed by atoms with Gasteiger partial charge in [0, 0.05) is 18.3 Å². The number of anilines is 1. The Morgan fingerprint density at radius 3 is 2.41 bits per heavy atom. The third-order valence-corrected chi connectivity index (χ3v) is 2.45. The Labute approximate surface area is 97.7 Å². The molecule has 0 saturated heterocycles. The molecule has 1 aliphatic rings. The third-order valence-electron chi connectivity index (χ3n) is 2.45. The van der Waals surface area contributed by atoms with Crippen LogP contribution >= 0.6 is 0 Å². The van der Waals surface area contributed by atoms with Crippen molar-refractivity contribution in [1.82, 2.24) is 4.90 Å². The predicted molar refractivity (Wildman–Crippen MR) is 60.5 cm³/mol. The van der Waals surface area contributed by atoms with Crippen molar-refractivity contribution in [2.75, 3.05) is 11.9 Å². The van der Waals surface area contributed by atoms with Crippen molar-refractivity contribution in [2.24, 2.45) is 0 Å². The van der Waals surface area contributed by atoms with Gasteiger partial charge < -0.3 is 5.32 Å². The first-order valence-corrected chi connectivity index (χ1v) is 5.22. The summed E-state index contributed by atoms with van der Waals surface area (Å²) in [5, 5.41) is 2.79. The average Bonchev–Trinajstić information content (AvgIpc) is 2.57. The molecule has 88 valence electrons. The van der Waals surface area contributed by atoms with Crippen LogP contribution in [0.25, 0.3) is 0 Å². The van der Waals surface area contributed by atoms with Crippen molar-refractivity contribution in [3.05, 3.63) is 41.9 Å². The molecule has 0 bridgehead atoms. The van der Waals surface area contributed by atoms with E-state index in [1.165, 1.54) is 30.3 Å². The molecule has 5 heteroatoms. The summed E-state index contributed by atoms with van der Waals surface area (Å²) in [6, 6.07) is 5.56. The zero-order chi connectivity index (χ0) is 12.4. The SMILES string of the molecule is CCN1C(=O)C=C(Nc2ccc(F)cc2)C1=O. The molecule has 1 N–H and O–H groups in total. The van der Waals surface area contributed by atoms with E-state index in [1.54, 1.807) is 6.92 Å². The molecule has 0 fully saturated rings. The Hall–Kier alpha value is -2.17. The van der Waals surface area contributed by atoms with Crippen molar-refractivity contribution in [2.45, 2.75) is 6.92 Å². The molecule has 0 unspecified atom stereocenters. The monoisotopic (exact) mass is 234 g/mol. The maximum absolute atomic E-state index is 12.7. The lowest BCUT2D eigenvalue weighted by Crippen LogP contribution is -2.31. The molecule has 2 rings (SSSR count). The van der Waals surface area contributed by atoms with E-state index in [2.05, 4.69) is 5.32 Å². The van der Waals surface area contributed by atoms with Crippen molar-refractivity contribution in [3.63, 3.8) is 0 Å². The van der Waals surface area contributed by atoms with Crippen LogP contribution in [-0.2, 0) is 9.59 Å². The van der Waals surface area contributed by atoms with Gasteiger partial charge in [-0.05, 0) is 31.2 Å². The molecular weight excluding hydrogens is 223 g/mol. The van der Waals surface area contributed by atoms with Gasteiger partial charge >= 0.3 is 0 Å². The number of hydrogen-bond donors (Lipinski definition) is 1. The van der Waals surface area contributed by atoms with Crippen LogP contribution in [0.4, 0.5) is 10.1 Å². The fourth-order valence-electron chi connectivity index (χ4n) is 1.59. The zero-order valence-electron chi connectivity index (χ0n) is 9.24. The number of carbonyl (C=O) groups excluding carboxylic acids is 2. The van der Waals surface area contributed by atoms with Crippen LogP contribution in [0, 0.1) is 5.82 Å². The molecule has 0 atom stereocenters. The van der Waals surface area contributed by atoms with Gasteiger partial charge in [0.25, 0.3) is 11.8 Å². The Morgan fingerprint density at radius 2 is 1.88 bits per heavy atom. The molecule has 0 spiro atoms. The van der Waals surface area contributed by atoms with E-state index >= 15 is 0 Å². The first-order valence-electron chi connectivity index (χ1n) is 5.22. The van der Waals surface area contributed by atoms with Crippen LogP contribution < -0.4 is 5.32 Å². The largest absolute Gasteiger partial charge is 0.351 e. The number of hydrogen-bond acceptors (Lipinski definition) is 3. The fourth-order valence-corrected chi connectivity index (χ4v) is 1.59. The minimum Gasteiger partial charge on any atom is -0.351 e. The van der Waals surface area contributed by atoms with E-state index in [0.717, 1.165) is 4.90 Å². The van der Waals surface area contributed by atoms with Gasteiger partial charge in [-0.15, -0.1) is 0 Å². The van der Waals surface area contributed by atoms with Crippen molar-refractivity contribution >= 4 is 17.5 Å². The standard InChI is InChI=1S/C12H11FN2O2/c1-2-15-11(16)7-10(12(15)17)14-9-5-3-8(13)4-6-9/h3-7,14H,2H2,1H3. The molecule has 2 amide bonds. The summed E-state index contributed by atoms with van der Waals surface area (Å²) in [7, 11) is 0. The number of imide groups is 1. The quantitative estimate of drug-likeness (QED) is 0.806. The second-order valence-corrected chi connectivity index (χ2v) is 3.58. The summed E-state index contributed by atoms with van der Waals surface area (Å²) in [5.41, 5.74) is 0.778. The summed E-state index contributed by atoms with van der Waals surface area (Å²) in [6.45, 7) is 2.06. The normalized spacial score (nSPS) is 15.2. The number of nitrogens with one attached hydrogen (secondary N) is 1. The van der Waals surface area contributed by atoms with Crippen LogP contribution in [0.3, 0.4) is 0 Å². The van der Waals surface area contributed by atoms with E-state index in [1.807, 2.05) is 0 Å². The summed E-state index contributed by atoms with van der Waals surface area (Å²) in [4.78, 5) is 24.2. The van der Waals surface area contributed by atoms with Gasteiger partial charge in [-0.2, -0.15) is 0 Å². The van der Waals surface area contributed by atoms with E-state index in [0.29, 0.717) is 12.2 Å². The lowest BCUT2D eigenvalue weighted by molar-refractivity contribution is -0.136. The number of carbonyl (C=O) groups is 2. The van der Waals surface area contributed by atoms with Gasteiger partial charge in [0.1, 0.15) is 11.5 Å². The number of nitrogens with zero attached hydrogens (tertiary/aromatic N) is 1. The van der Waals surface area contributed by atoms with Gasteiger partial charge in [0.2, 0.25) is 0 Å². The van der Waals surface area contributed by atoms with Crippen LogP contribution in [0.1, 0.15) is 6.92 Å². The van der Waals surface area contributed by atoms with Crippen molar-refractivity contribution in [1.29, 1.82) is 0 Å². The summed E-state index contributed by atoms with van der Waals surface area (Å²) in [5.74, 6) is -1.04. The number of amides is 2. The molecule has 0 radical (unpaired) electrons. The van der Waals surface area contributed by atoms with E-state index in [9.17, 15) is 14.0 Å². The summed E-state index contributed by atoms with van der Waals surface area (Å²) < 4.78 is 12.7. The van der Waals surface area contributed by atoms with Gasteiger partial charge in [-0.3, -0.25) is 14.5 Å². The predicted octanol–water partition coefficient (Wildman–Crippen LogP) is 1.51. The minimum absolute atomic E-state index is 0.212. The molecule has 0 aliphatic carbocycles. The fraction of sp³-hybridized carbons (Fsp3) is 0.167. The van der Waals surface area contributed by atoms with Crippen molar-refractivity contribution < 1.29 is 14.0 Å². The number of halogens is 1. The molecule has 1 heterocycles. The first kappa shape index (κ1) is 11.3. The average molecular weight is 234 g/mol. The molecule has 1 aliphatic heterocycles. The number of benzene rings is 1. The lowest BCUT2D eigenvalue weighted by Gasteiger charge is -2.12. The Morgan fingerprint density at radius 1 is 1.24 bits per heavy atom. The Kier molecular flexibility index (Phi) is 2.91. The number of rotatable bonds is 3. The van der Waals surface area contributed by atoms with Gasteiger partial charge in [0.05, 0.1) is 0 Å². The van der Waals surface area contributed by atoms with Crippen LogP contribution in [0.15, 0.2) is 36.0 Å². The van der Waals surface area contributed by atoms with E-state index in [4.69, 9.17) is 0 Å². The smallest absolute Gasteiger partial charge is 0.277 e. The molecular formula is C12H11FN2O2. The van der Waals surface area contributed by atoms with E-state index in [-0.39, 0.29) is 23.3 Å². The highest BCUT2D eigenvalue weighted by atomic mass is 19.1. The molecule has 1 aromatic rings. The van der Waals surface area contributed by atoms with Crippen LogP contribution in [0.5, 0.6) is 0 Å². The maximum atomic E-state index is 12.7. The Balaban J connectivity index is 2.15. The van der Waals surface area contributed by atoms with Gasteiger partial charge in [-0.25, -0.2) is 4.39 Å². The minimum atomic E-state index is -0.359. The zero-order valence-corrected chi connectivity index (χ0v) is 9.24. The lowest BCUT2D eigenvalue weighted by atomic mass is 10.3. The molecule has 0 aromatic heterocycles. The summed E-state index contributed by atoms with van der Waals surface area (Å²) >= 11 is 0. The van der Waals surface area contributed by atoms with Crippen LogP contribution in [-0.4, -0.2) is 23.3 Å². The maximum Gasteiger partial charge on any atom is 0.277 e. The summed E-state index contributed by atoms with van der Waals surface area (Å²) in [6.07, 6.45) is 1.25. The van der Waals surface area contributed by atoms with Crippen LogP contribution in [0.2, 0.25) is 0 Å². The van der Waals surface area contributed by atoms with Gasteiger partial charge in [-0.1, -0.05) is 0 Å². The third kappa shape index (κ3) is 2.18. The van der Waals surface area contributed by atoms with Crippen molar-refractivity contribution in [3.8, 4) is 0 Å². The van der Waals surface area contributed by atoms with E-state index < -0.39 is 0 Å². The first-order chi connectivity index (χ1) is 8.11. The Bertz CT molecular complexity index is 494. The van der Waals surface area contributed by atoms with Gasteiger partial charge in [0.15, 0.2) is 0 Å². The number of likely N-dealkylation sites (N-methyl/N-ethyl adjacent to an activating group) is 1. The highest BCUT2D eigenvalue weighted by Crippen LogP contribution is 2.16. The second-order valence-electron chi connectivity index (χ2n) is 3.58. The molecule has 17 heavy (non-hydrogen) atoms. The highest BCUT2D eigenvalue weighted by molar-refractivity contribution is 6.17. The topological polar surface area (TPSA) is 49.4 Å². The second kappa shape index (κ2) is 4.37. The molecule has 1 aromatic carbocycles. The molecule has 4 nitrogen and oxygen atoms in total. The molecule has 0 saturated carbocycles.